The Bertz CT molecular complexity index is 1270. The van der Waals surface area contributed by atoms with Crippen LogP contribution in [0.25, 0.3) is 5.76 Å². The molecule has 0 spiro atoms. The number of ketones is 1. The van der Waals surface area contributed by atoms with Gasteiger partial charge in [0.25, 0.3) is 11.7 Å². The van der Waals surface area contributed by atoms with Gasteiger partial charge in [0.1, 0.15) is 5.76 Å². The summed E-state index contributed by atoms with van der Waals surface area (Å²) < 4.78 is 6.02. The maximum absolute atomic E-state index is 13.2. The minimum Gasteiger partial charge on any atom is -0.507 e. The van der Waals surface area contributed by atoms with Crippen molar-refractivity contribution in [3.8, 4) is 0 Å². The van der Waals surface area contributed by atoms with Gasteiger partial charge in [0, 0.05) is 28.1 Å². The maximum Gasteiger partial charge on any atom is 0.338 e. The number of ether oxygens (including phenoxy) is 1. The van der Waals surface area contributed by atoms with E-state index in [9.17, 15) is 19.5 Å². The number of esters is 1. The van der Waals surface area contributed by atoms with Crippen LogP contribution in [-0.4, -0.2) is 33.9 Å². The topological polar surface area (TPSA) is 96.8 Å². The van der Waals surface area contributed by atoms with Crippen molar-refractivity contribution in [2.75, 3.05) is 4.90 Å². The Morgan fingerprint density at radius 1 is 0.971 bits per heavy atom. The molecule has 34 heavy (non-hydrogen) atoms. The van der Waals surface area contributed by atoms with Crippen LogP contribution in [0.1, 0.15) is 41.4 Å². The molecule has 1 aliphatic heterocycles. The second-order valence-electron chi connectivity index (χ2n) is 7.96. The van der Waals surface area contributed by atoms with Gasteiger partial charge in [-0.2, -0.15) is 0 Å². The van der Waals surface area contributed by atoms with E-state index >= 15 is 0 Å². The fraction of sp³-hybridized carbons (Fsp3) is 0.154. The van der Waals surface area contributed by atoms with Crippen LogP contribution in [0.3, 0.4) is 0 Å². The van der Waals surface area contributed by atoms with Gasteiger partial charge in [0.15, 0.2) is 0 Å². The fourth-order valence-corrected chi connectivity index (χ4v) is 4.03. The lowest BCUT2D eigenvalue weighted by molar-refractivity contribution is -0.132. The number of amides is 1. The Labute approximate surface area is 204 Å². The summed E-state index contributed by atoms with van der Waals surface area (Å²) in [6.45, 7) is 3.51. The lowest BCUT2D eigenvalue weighted by Gasteiger charge is -2.25. The van der Waals surface area contributed by atoms with Gasteiger partial charge >= 0.3 is 5.97 Å². The predicted molar refractivity (Wildman–Crippen MR) is 130 cm³/mol. The highest BCUT2D eigenvalue weighted by Crippen LogP contribution is 2.42. The third-order valence-electron chi connectivity index (χ3n) is 5.31. The lowest BCUT2D eigenvalue weighted by atomic mass is 9.96. The number of pyridine rings is 1. The Morgan fingerprint density at radius 3 is 2.15 bits per heavy atom. The summed E-state index contributed by atoms with van der Waals surface area (Å²) in [5.74, 6) is -2.33. The van der Waals surface area contributed by atoms with Crippen LogP contribution in [-0.2, 0) is 14.3 Å². The number of aliphatic hydroxyl groups excluding tert-OH is 1. The molecule has 2 heterocycles. The molecule has 0 bridgehead atoms. The molecule has 1 atom stereocenters. The summed E-state index contributed by atoms with van der Waals surface area (Å²) in [7, 11) is 0. The number of Topliss-reactive ketones (excluding diaryl/α,β-unsaturated/α-hetero) is 1. The van der Waals surface area contributed by atoms with Crippen LogP contribution in [0.4, 0.5) is 5.69 Å². The maximum atomic E-state index is 13.2. The molecule has 1 aromatic heterocycles. The molecule has 4 rings (SSSR count). The number of rotatable bonds is 5. The quantitative estimate of drug-likeness (QED) is 0.219. The van der Waals surface area contributed by atoms with Crippen LogP contribution in [0.5, 0.6) is 0 Å². The van der Waals surface area contributed by atoms with Crippen LogP contribution < -0.4 is 4.90 Å². The molecule has 0 aliphatic carbocycles. The first-order valence-corrected chi connectivity index (χ1v) is 11.3. The fourth-order valence-electron chi connectivity index (χ4n) is 3.76. The molecule has 1 aliphatic rings. The van der Waals surface area contributed by atoms with Gasteiger partial charge in [-0.15, -0.1) is 0 Å². The number of aromatic nitrogens is 1. The van der Waals surface area contributed by atoms with Gasteiger partial charge in [-0.05, 0) is 67.9 Å². The zero-order valence-electron chi connectivity index (χ0n) is 18.4. The third-order valence-corrected chi connectivity index (χ3v) is 5.84. The highest BCUT2D eigenvalue weighted by atomic mass is 79.9. The predicted octanol–water partition coefficient (Wildman–Crippen LogP) is 5.04. The summed E-state index contributed by atoms with van der Waals surface area (Å²) in [5.41, 5.74) is 1.72. The van der Waals surface area contributed by atoms with Crippen molar-refractivity contribution in [3.63, 3.8) is 0 Å². The van der Waals surface area contributed by atoms with Gasteiger partial charge < -0.3 is 9.84 Å². The summed E-state index contributed by atoms with van der Waals surface area (Å²) >= 11 is 3.35. The third kappa shape index (κ3) is 4.49. The van der Waals surface area contributed by atoms with Gasteiger partial charge in [0.2, 0.25) is 0 Å². The number of carbonyl (C=O) groups excluding carboxylic acids is 3. The average Bonchev–Trinajstić information content (AvgIpc) is 3.10. The molecular formula is C26H21BrN2O5. The van der Waals surface area contributed by atoms with Gasteiger partial charge in [0.05, 0.1) is 23.3 Å². The van der Waals surface area contributed by atoms with E-state index < -0.39 is 23.7 Å². The monoisotopic (exact) mass is 520 g/mol. The average molecular weight is 521 g/mol. The Balaban J connectivity index is 1.82. The molecule has 1 amide bonds. The van der Waals surface area contributed by atoms with E-state index in [1.165, 1.54) is 17.0 Å². The van der Waals surface area contributed by atoms with Crippen molar-refractivity contribution in [1.82, 2.24) is 4.98 Å². The first-order valence-electron chi connectivity index (χ1n) is 10.6. The molecule has 0 radical (unpaired) electrons. The van der Waals surface area contributed by atoms with Crippen LogP contribution >= 0.6 is 15.9 Å². The number of nitrogens with zero attached hydrogens (tertiary/aromatic N) is 2. The number of benzene rings is 2. The normalized spacial score (nSPS) is 17.3. The zero-order valence-corrected chi connectivity index (χ0v) is 20.0. The molecular weight excluding hydrogens is 500 g/mol. The minimum absolute atomic E-state index is 0.0261. The Hall–Kier alpha value is -3.78. The van der Waals surface area contributed by atoms with E-state index in [-0.39, 0.29) is 17.4 Å². The summed E-state index contributed by atoms with van der Waals surface area (Å²) in [6.07, 6.45) is 2.84. The molecule has 172 valence electrons. The SMILES string of the molecule is CC(C)OC(=O)c1ccc(N2C(=O)C(=O)/C(=C(/O)c3ccc(Br)cc3)C2c2ccncc2)cc1. The molecule has 1 saturated heterocycles. The Kier molecular flexibility index (Phi) is 6.61. The van der Waals surface area contributed by atoms with E-state index in [1.54, 1.807) is 74.8 Å². The molecule has 1 N–H and O–H groups in total. The summed E-state index contributed by atoms with van der Waals surface area (Å²) in [4.78, 5) is 43.9. The second-order valence-corrected chi connectivity index (χ2v) is 8.87. The standard InChI is InChI=1S/C26H21BrN2O5/c1-15(2)34-26(33)18-5-9-20(10-6-18)29-22(16-11-13-28-14-12-16)21(24(31)25(29)32)23(30)17-3-7-19(27)8-4-17/h3-15,22,30H,1-2H3/b23-21+. The summed E-state index contributed by atoms with van der Waals surface area (Å²) in [6, 6.07) is 15.5. The smallest absolute Gasteiger partial charge is 0.338 e. The van der Waals surface area contributed by atoms with E-state index in [4.69, 9.17) is 4.74 Å². The number of halogens is 1. The second kappa shape index (κ2) is 9.61. The van der Waals surface area contributed by atoms with E-state index in [2.05, 4.69) is 20.9 Å². The van der Waals surface area contributed by atoms with Crippen molar-refractivity contribution in [2.45, 2.75) is 26.0 Å². The molecule has 1 fully saturated rings. The van der Waals surface area contributed by atoms with Crippen molar-refractivity contribution in [1.29, 1.82) is 0 Å². The van der Waals surface area contributed by atoms with E-state index in [1.807, 2.05) is 0 Å². The largest absolute Gasteiger partial charge is 0.507 e. The number of anilines is 1. The summed E-state index contributed by atoms with van der Waals surface area (Å²) in [5, 5.41) is 11.1. The van der Waals surface area contributed by atoms with Crippen LogP contribution in [0.2, 0.25) is 0 Å². The highest BCUT2D eigenvalue weighted by molar-refractivity contribution is 9.10. The highest BCUT2D eigenvalue weighted by Gasteiger charge is 2.47. The molecule has 0 saturated carbocycles. The van der Waals surface area contributed by atoms with E-state index in [0.29, 0.717) is 22.4 Å². The van der Waals surface area contributed by atoms with Gasteiger partial charge in [-0.3, -0.25) is 19.5 Å². The van der Waals surface area contributed by atoms with Crippen molar-refractivity contribution >= 4 is 45.0 Å². The van der Waals surface area contributed by atoms with Crippen LogP contribution in [0.15, 0.2) is 83.1 Å². The number of carbonyl (C=O) groups is 3. The first-order chi connectivity index (χ1) is 16.3. The molecule has 7 nitrogen and oxygen atoms in total. The Morgan fingerprint density at radius 2 is 1.56 bits per heavy atom. The minimum atomic E-state index is -0.875. The number of hydrogen-bond acceptors (Lipinski definition) is 6. The first kappa shape index (κ1) is 23.4. The molecule has 8 heteroatoms. The lowest BCUT2D eigenvalue weighted by Crippen LogP contribution is -2.29. The number of hydrogen-bond donors (Lipinski definition) is 1. The number of aliphatic hydroxyl groups is 1. The van der Waals surface area contributed by atoms with Gasteiger partial charge in [-0.25, -0.2) is 4.79 Å². The van der Waals surface area contributed by atoms with Gasteiger partial charge in [-0.1, -0.05) is 28.1 Å². The van der Waals surface area contributed by atoms with Crippen LogP contribution in [0, 0.1) is 0 Å². The van der Waals surface area contributed by atoms with Crippen molar-refractivity contribution in [2.24, 2.45) is 0 Å². The molecule has 1 unspecified atom stereocenters. The molecule has 3 aromatic rings. The van der Waals surface area contributed by atoms with Crippen molar-refractivity contribution in [3.05, 3.63) is 99.8 Å². The van der Waals surface area contributed by atoms with E-state index in [0.717, 1.165) is 4.47 Å². The molecule has 2 aromatic carbocycles. The van der Waals surface area contributed by atoms with Crippen molar-refractivity contribution < 1.29 is 24.2 Å². The zero-order chi connectivity index (χ0) is 24.4.